The van der Waals surface area contributed by atoms with Crippen LogP contribution in [0.5, 0.6) is 0 Å². The molecule has 0 aliphatic carbocycles. The van der Waals surface area contributed by atoms with E-state index in [9.17, 15) is 14.4 Å². The number of rotatable bonds is 1. The van der Waals surface area contributed by atoms with Gasteiger partial charge in [-0.3, -0.25) is 19.0 Å². The molecule has 0 atom stereocenters. The number of aryl methyl sites for hydroxylation is 2. The highest BCUT2D eigenvalue weighted by molar-refractivity contribution is 6.07. The number of hydrogen-bond acceptors (Lipinski definition) is 3. The lowest BCUT2D eigenvalue weighted by Crippen LogP contribution is -2.18. The third kappa shape index (κ3) is 2.52. The van der Waals surface area contributed by atoms with Gasteiger partial charge >= 0.3 is 0 Å². The van der Waals surface area contributed by atoms with E-state index in [0.717, 1.165) is 16.6 Å². The minimum absolute atomic E-state index is 0.115. The Hall–Kier alpha value is -3.73. The van der Waals surface area contributed by atoms with Crippen LogP contribution in [-0.4, -0.2) is 15.5 Å². The van der Waals surface area contributed by atoms with Gasteiger partial charge in [0.1, 0.15) is 0 Å². The average Bonchev–Trinajstić information content (AvgIpc) is 2.74. The molecular formula is C25H20N2O3. The molecule has 5 nitrogen and oxygen atoms in total. The number of carbonyl (C=O) groups is 1. The SMILES string of the molecule is CCC(=O)n1c2ccc(C)cc2c(=O)c2cc3[nH]c4ccc(C)cc4c(=O)c3cc21. The maximum absolute atomic E-state index is 13.3. The Balaban J connectivity index is 2.06. The van der Waals surface area contributed by atoms with Gasteiger partial charge in [-0.15, -0.1) is 0 Å². The van der Waals surface area contributed by atoms with E-state index in [1.165, 1.54) is 0 Å². The molecule has 0 saturated heterocycles. The molecule has 0 bridgehead atoms. The molecule has 3 aromatic carbocycles. The van der Waals surface area contributed by atoms with Crippen molar-refractivity contribution in [3.05, 3.63) is 80.1 Å². The van der Waals surface area contributed by atoms with Crippen LogP contribution in [0.15, 0.2) is 58.1 Å². The standard InChI is InChI=1S/C25H20N2O3/c1-4-23(28)27-21-8-6-14(3)10-17(21)25(30)18-11-20-16(12-22(18)27)24(29)15-9-13(2)5-7-19(15)26-20/h5-12H,4H2,1-3H3,(H,26,29). The summed E-state index contributed by atoms with van der Waals surface area (Å²) in [6, 6.07) is 14.5. The fourth-order valence-corrected chi connectivity index (χ4v) is 4.22. The average molecular weight is 396 g/mol. The van der Waals surface area contributed by atoms with E-state index in [0.29, 0.717) is 38.1 Å². The van der Waals surface area contributed by atoms with Gasteiger partial charge < -0.3 is 4.98 Å². The number of pyridine rings is 2. The molecule has 0 saturated carbocycles. The summed E-state index contributed by atoms with van der Waals surface area (Å²) in [5, 5.41) is 1.98. The normalized spacial score (nSPS) is 11.7. The number of H-pyrrole nitrogens is 1. The van der Waals surface area contributed by atoms with Crippen LogP contribution in [0.4, 0.5) is 0 Å². The van der Waals surface area contributed by atoms with Gasteiger partial charge in [-0.1, -0.05) is 30.2 Å². The summed E-state index contributed by atoms with van der Waals surface area (Å²) >= 11 is 0. The lowest BCUT2D eigenvalue weighted by Gasteiger charge is -2.14. The number of hydrogen-bond donors (Lipinski definition) is 1. The molecule has 1 N–H and O–H groups in total. The molecule has 5 heteroatoms. The summed E-state index contributed by atoms with van der Waals surface area (Å²) < 4.78 is 1.57. The monoisotopic (exact) mass is 396 g/mol. The first-order valence-corrected chi connectivity index (χ1v) is 9.97. The zero-order valence-corrected chi connectivity index (χ0v) is 17.0. The molecule has 0 aliphatic rings. The second kappa shape index (κ2) is 6.39. The molecule has 2 aromatic heterocycles. The Morgan fingerprint density at radius 2 is 1.37 bits per heavy atom. The van der Waals surface area contributed by atoms with Gasteiger partial charge in [-0.2, -0.15) is 0 Å². The van der Waals surface area contributed by atoms with Crippen molar-refractivity contribution in [2.24, 2.45) is 0 Å². The summed E-state index contributed by atoms with van der Waals surface area (Å²) in [7, 11) is 0. The minimum Gasteiger partial charge on any atom is -0.354 e. The molecule has 0 aliphatic heterocycles. The van der Waals surface area contributed by atoms with Crippen molar-refractivity contribution in [3.63, 3.8) is 0 Å². The van der Waals surface area contributed by atoms with Crippen molar-refractivity contribution in [1.29, 1.82) is 0 Å². The third-order valence-electron chi connectivity index (χ3n) is 5.74. The van der Waals surface area contributed by atoms with Crippen molar-refractivity contribution in [2.45, 2.75) is 27.2 Å². The molecule has 30 heavy (non-hydrogen) atoms. The predicted octanol–water partition coefficient (Wildman–Crippen LogP) is 4.82. The van der Waals surface area contributed by atoms with Crippen LogP contribution in [0.25, 0.3) is 43.6 Å². The van der Waals surface area contributed by atoms with Crippen LogP contribution >= 0.6 is 0 Å². The smallest absolute Gasteiger partial charge is 0.231 e. The largest absolute Gasteiger partial charge is 0.354 e. The van der Waals surface area contributed by atoms with Crippen molar-refractivity contribution < 1.29 is 4.79 Å². The van der Waals surface area contributed by atoms with Crippen LogP contribution in [0.2, 0.25) is 0 Å². The quantitative estimate of drug-likeness (QED) is 0.413. The number of carbonyl (C=O) groups excluding carboxylic acids is 1. The highest BCUT2D eigenvalue weighted by Gasteiger charge is 2.17. The summed E-state index contributed by atoms with van der Waals surface area (Å²) in [6.45, 7) is 5.65. The molecule has 0 spiro atoms. The Kier molecular flexibility index (Phi) is 3.90. The van der Waals surface area contributed by atoms with E-state index >= 15 is 0 Å². The van der Waals surface area contributed by atoms with E-state index in [-0.39, 0.29) is 23.2 Å². The third-order valence-corrected chi connectivity index (χ3v) is 5.74. The van der Waals surface area contributed by atoms with Crippen molar-refractivity contribution in [2.75, 3.05) is 0 Å². The maximum atomic E-state index is 13.3. The van der Waals surface area contributed by atoms with Gasteiger partial charge in [0.05, 0.1) is 16.6 Å². The lowest BCUT2D eigenvalue weighted by molar-refractivity contribution is 0.0918. The summed E-state index contributed by atoms with van der Waals surface area (Å²) in [5.74, 6) is -0.124. The zero-order valence-electron chi connectivity index (χ0n) is 17.0. The van der Waals surface area contributed by atoms with E-state index in [2.05, 4.69) is 4.98 Å². The second-order valence-corrected chi connectivity index (χ2v) is 7.85. The Bertz CT molecular complexity index is 1660. The number of nitrogens with one attached hydrogen (secondary N) is 1. The summed E-state index contributed by atoms with van der Waals surface area (Å²) in [4.78, 5) is 42.7. The van der Waals surface area contributed by atoms with E-state index in [1.54, 1.807) is 29.7 Å². The molecule has 5 aromatic rings. The fraction of sp³-hybridized carbons (Fsp3) is 0.160. The summed E-state index contributed by atoms with van der Waals surface area (Å²) in [6.07, 6.45) is 0.284. The van der Waals surface area contributed by atoms with Crippen LogP contribution < -0.4 is 10.9 Å². The van der Waals surface area contributed by atoms with E-state index in [1.807, 2.05) is 44.2 Å². The Labute approximate surface area is 171 Å². The molecule has 0 radical (unpaired) electrons. The second-order valence-electron chi connectivity index (χ2n) is 7.85. The predicted molar refractivity (Wildman–Crippen MR) is 122 cm³/mol. The van der Waals surface area contributed by atoms with Crippen molar-refractivity contribution in [1.82, 2.24) is 9.55 Å². The molecule has 2 heterocycles. The van der Waals surface area contributed by atoms with Gasteiger partial charge in [0.2, 0.25) is 5.91 Å². The first-order valence-electron chi connectivity index (χ1n) is 9.97. The topological polar surface area (TPSA) is 71.9 Å². The van der Waals surface area contributed by atoms with Crippen molar-refractivity contribution >= 4 is 49.5 Å². The molecule has 0 unspecified atom stereocenters. The maximum Gasteiger partial charge on any atom is 0.231 e. The van der Waals surface area contributed by atoms with Gasteiger partial charge in [0.15, 0.2) is 10.9 Å². The lowest BCUT2D eigenvalue weighted by atomic mass is 10.0. The fourth-order valence-electron chi connectivity index (χ4n) is 4.22. The highest BCUT2D eigenvalue weighted by Crippen LogP contribution is 2.25. The molecule has 0 fully saturated rings. The number of aromatic amines is 1. The Morgan fingerprint density at radius 1 is 0.767 bits per heavy atom. The van der Waals surface area contributed by atoms with Crippen LogP contribution in [0, 0.1) is 13.8 Å². The number of nitrogens with zero attached hydrogens (tertiary/aromatic N) is 1. The number of aromatic nitrogens is 2. The first kappa shape index (κ1) is 18.3. The summed E-state index contributed by atoms with van der Waals surface area (Å²) in [5.41, 5.74) is 4.03. The van der Waals surface area contributed by atoms with Crippen LogP contribution in [0.3, 0.4) is 0 Å². The molecule has 148 valence electrons. The zero-order chi connectivity index (χ0) is 21.2. The Morgan fingerprint density at radius 3 is 2.10 bits per heavy atom. The van der Waals surface area contributed by atoms with Crippen molar-refractivity contribution in [3.8, 4) is 0 Å². The molecule has 0 amide bonds. The van der Waals surface area contributed by atoms with Gasteiger partial charge in [0.25, 0.3) is 0 Å². The van der Waals surface area contributed by atoms with Gasteiger partial charge in [-0.05, 0) is 50.2 Å². The van der Waals surface area contributed by atoms with Crippen LogP contribution in [-0.2, 0) is 0 Å². The van der Waals surface area contributed by atoms with E-state index in [4.69, 9.17) is 0 Å². The highest BCUT2D eigenvalue weighted by atomic mass is 16.2. The molecule has 5 rings (SSSR count). The van der Waals surface area contributed by atoms with E-state index < -0.39 is 0 Å². The van der Waals surface area contributed by atoms with Gasteiger partial charge in [0, 0.05) is 33.5 Å². The van der Waals surface area contributed by atoms with Gasteiger partial charge in [-0.25, -0.2) is 0 Å². The first-order chi connectivity index (χ1) is 14.4. The minimum atomic E-state index is -0.143. The number of fused-ring (bicyclic) bond motifs is 4. The number of benzene rings is 3. The van der Waals surface area contributed by atoms with Crippen LogP contribution in [0.1, 0.15) is 29.3 Å². The molecular weight excluding hydrogens is 376 g/mol.